The Kier molecular flexibility index (Phi) is 50.7. The zero-order chi connectivity index (χ0) is 54.2. The number of aliphatic hydroxyl groups excluding tert-OH is 1. The lowest BCUT2D eigenvalue weighted by atomic mass is 10.1. The molecule has 0 fully saturated rings. The van der Waals surface area contributed by atoms with Gasteiger partial charge in [-0.1, -0.05) is 223 Å². The Morgan fingerprint density at radius 2 is 0.824 bits per heavy atom. The standard InChI is InChI=1S/C65H105N2O6P/c1-6-8-10-12-14-16-18-19-20-21-22-23-24-25-26-27-28-29-30-31-32-33-34-35-36-37-38-39-40-41-42-43-44-45-46-47-49-51-53-55-57-59-65(69)66-63(62-73-74(70,71)72-61-60-67(3,4)5)64(68)58-56-54-52-50-48-17-15-13-11-9-7-2/h8,10,14,16,19-20,22-23,25-26,28-29,31-32,34-35,37-38,40-41,43-44,46-48,50,56,58,63-64,68H,6-7,9,11-13,15,17-18,21,24,27,30,33,36,39,42,45,49,51-55,57,59-62H2,1-5H3,(H-,66,69,70,71)/p+1/b10-8-,16-14-,20-19-,23-22-,26-25-,29-28-,32-31-,35-34-,38-37-,41-40-,44-43-,47-46-,50-48+,58-56+. The van der Waals surface area contributed by atoms with E-state index in [0.29, 0.717) is 17.4 Å². The maximum Gasteiger partial charge on any atom is 0.472 e. The van der Waals surface area contributed by atoms with Gasteiger partial charge in [0.1, 0.15) is 13.2 Å². The van der Waals surface area contributed by atoms with E-state index in [1.54, 1.807) is 6.08 Å². The molecule has 0 radical (unpaired) electrons. The van der Waals surface area contributed by atoms with Crippen LogP contribution < -0.4 is 5.32 Å². The van der Waals surface area contributed by atoms with Crippen molar-refractivity contribution in [1.29, 1.82) is 0 Å². The zero-order valence-corrected chi connectivity index (χ0v) is 48.1. The van der Waals surface area contributed by atoms with Crippen molar-refractivity contribution < 1.29 is 32.9 Å². The number of carbonyl (C=O) groups excluding carboxylic acids is 1. The van der Waals surface area contributed by atoms with Crippen LogP contribution in [0.1, 0.15) is 181 Å². The molecule has 0 aromatic rings. The quantitative estimate of drug-likeness (QED) is 0.0243. The molecule has 0 rings (SSSR count). The minimum atomic E-state index is -4.37. The molecular weight excluding hydrogens is 936 g/mol. The van der Waals surface area contributed by atoms with Crippen LogP contribution in [0.3, 0.4) is 0 Å². The second-order valence-corrected chi connectivity index (χ2v) is 21.0. The highest BCUT2D eigenvalue weighted by Gasteiger charge is 2.27. The van der Waals surface area contributed by atoms with E-state index in [1.807, 2.05) is 27.2 Å². The van der Waals surface area contributed by atoms with Crippen molar-refractivity contribution in [3.05, 3.63) is 170 Å². The summed E-state index contributed by atoms with van der Waals surface area (Å²) in [5.74, 6) is -0.221. The van der Waals surface area contributed by atoms with Crippen LogP contribution in [-0.4, -0.2) is 73.4 Å². The molecule has 0 aromatic carbocycles. The molecule has 9 heteroatoms. The summed E-state index contributed by atoms with van der Waals surface area (Å²) in [7, 11) is 1.51. The maximum absolute atomic E-state index is 12.9. The number of quaternary nitrogens is 1. The van der Waals surface area contributed by atoms with Gasteiger partial charge in [0.2, 0.25) is 5.91 Å². The first-order valence-corrected chi connectivity index (χ1v) is 30.0. The second kappa shape index (κ2) is 53.7. The SMILES string of the molecule is CC/C=C\C/C=C\C/C=C\C/C=C\C/C=C\C/C=C\C/C=C\C/C=C\C/C=C\C/C=C\C/C=C\C/C=C\CCCCCCC(=O)NC(COP(=O)(O)OCC[N+](C)(C)C)C(O)/C=C/CC/C=C/CCCCCCC. The van der Waals surface area contributed by atoms with Crippen molar-refractivity contribution in [3.63, 3.8) is 0 Å². The molecule has 0 saturated carbocycles. The fourth-order valence-corrected chi connectivity index (χ4v) is 7.71. The highest BCUT2D eigenvalue weighted by Crippen LogP contribution is 2.43. The molecule has 0 aliphatic rings. The third-order valence-electron chi connectivity index (χ3n) is 11.4. The molecular formula is C65H106N2O6P+. The average Bonchev–Trinajstić information content (AvgIpc) is 3.36. The van der Waals surface area contributed by atoms with Crippen molar-refractivity contribution in [2.45, 2.75) is 193 Å². The number of phosphoric ester groups is 1. The number of carbonyl (C=O) groups is 1. The number of likely N-dealkylation sites (N-methyl/N-ethyl adjacent to an activating group) is 1. The summed E-state index contributed by atoms with van der Waals surface area (Å²) in [4.78, 5) is 23.2. The van der Waals surface area contributed by atoms with Crippen molar-refractivity contribution in [1.82, 2.24) is 5.32 Å². The van der Waals surface area contributed by atoms with Gasteiger partial charge < -0.3 is 19.8 Å². The van der Waals surface area contributed by atoms with Crippen molar-refractivity contribution in [3.8, 4) is 0 Å². The van der Waals surface area contributed by atoms with Gasteiger partial charge in [-0.15, -0.1) is 0 Å². The Balaban J connectivity index is 4.19. The monoisotopic (exact) mass is 1040 g/mol. The van der Waals surface area contributed by atoms with E-state index >= 15 is 0 Å². The number of rotatable bonds is 49. The Morgan fingerprint density at radius 1 is 0.473 bits per heavy atom. The van der Waals surface area contributed by atoms with Gasteiger partial charge in [0.05, 0.1) is 39.9 Å². The van der Waals surface area contributed by atoms with Gasteiger partial charge in [-0.05, 0) is 122 Å². The molecule has 0 bridgehead atoms. The molecule has 0 aromatic heterocycles. The van der Waals surface area contributed by atoms with E-state index in [2.05, 4.69) is 177 Å². The van der Waals surface area contributed by atoms with Crippen LogP contribution in [0.2, 0.25) is 0 Å². The van der Waals surface area contributed by atoms with E-state index in [9.17, 15) is 19.4 Å². The fourth-order valence-electron chi connectivity index (χ4n) is 6.98. The molecule has 8 nitrogen and oxygen atoms in total. The van der Waals surface area contributed by atoms with Gasteiger partial charge >= 0.3 is 7.82 Å². The highest BCUT2D eigenvalue weighted by atomic mass is 31.2. The first-order chi connectivity index (χ1) is 36.0. The summed E-state index contributed by atoms with van der Waals surface area (Å²) in [6, 6.07) is -0.888. The summed E-state index contributed by atoms with van der Waals surface area (Å²) < 4.78 is 23.6. The Labute approximate surface area is 453 Å². The Hall–Kier alpha value is -4.14. The molecule has 0 spiro atoms. The minimum Gasteiger partial charge on any atom is -0.387 e. The van der Waals surface area contributed by atoms with Crippen molar-refractivity contribution >= 4 is 13.7 Å². The third kappa shape index (κ3) is 55.6. The number of unbranched alkanes of at least 4 members (excludes halogenated alkanes) is 10. The summed E-state index contributed by atoms with van der Waals surface area (Å²) in [5, 5.41) is 13.8. The predicted octanol–water partition coefficient (Wildman–Crippen LogP) is 17.6. The second-order valence-electron chi connectivity index (χ2n) is 19.6. The predicted molar refractivity (Wildman–Crippen MR) is 322 cm³/mol. The van der Waals surface area contributed by atoms with Crippen molar-refractivity contribution in [2.24, 2.45) is 0 Å². The van der Waals surface area contributed by atoms with Gasteiger partial charge in [0.15, 0.2) is 0 Å². The van der Waals surface area contributed by atoms with Gasteiger partial charge in [-0.3, -0.25) is 13.8 Å². The fraction of sp³-hybridized carbons (Fsp3) is 0.554. The molecule has 3 unspecified atom stereocenters. The normalized spacial score (nSPS) is 15.2. The largest absolute Gasteiger partial charge is 0.472 e. The van der Waals surface area contributed by atoms with Crippen LogP contribution >= 0.6 is 7.82 Å². The van der Waals surface area contributed by atoms with Crippen LogP contribution in [0.15, 0.2) is 170 Å². The molecule has 0 aliphatic heterocycles. The number of phosphoric acid groups is 1. The number of nitrogens with zero attached hydrogens (tertiary/aromatic N) is 1. The molecule has 74 heavy (non-hydrogen) atoms. The summed E-state index contributed by atoms with van der Waals surface area (Å²) >= 11 is 0. The van der Waals surface area contributed by atoms with Crippen LogP contribution in [0.25, 0.3) is 0 Å². The number of hydrogen-bond donors (Lipinski definition) is 3. The number of allylic oxidation sites excluding steroid dienone is 27. The average molecular weight is 1040 g/mol. The lowest BCUT2D eigenvalue weighted by Crippen LogP contribution is -2.45. The lowest BCUT2D eigenvalue weighted by Gasteiger charge is -2.25. The topological polar surface area (TPSA) is 105 Å². The molecule has 3 N–H and O–H groups in total. The summed E-state index contributed by atoms with van der Waals surface area (Å²) in [6.07, 6.45) is 86.1. The number of hydrogen-bond acceptors (Lipinski definition) is 5. The molecule has 0 heterocycles. The Bertz CT molecular complexity index is 1800. The zero-order valence-electron chi connectivity index (χ0n) is 47.2. The number of nitrogens with one attached hydrogen (secondary N) is 1. The first kappa shape index (κ1) is 69.9. The highest BCUT2D eigenvalue weighted by molar-refractivity contribution is 7.47. The van der Waals surface area contributed by atoms with E-state index in [-0.39, 0.29) is 19.1 Å². The van der Waals surface area contributed by atoms with Crippen LogP contribution in [0, 0.1) is 0 Å². The third-order valence-corrected chi connectivity index (χ3v) is 12.4. The van der Waals surface area contributed by atoms with Crippen LogP contribution in [-0.2, 0) is 18.4 Å². The molecule has 0 saturated heterocycles. The smallest absolute Gasteiger partial charge is 0.387 e. The molecule has 1 amide bonds. The van der Waals surface area contributed by atoms with E-state index in [4.69, 9.17) is 9.05 Å². The Morgan fingerprint density at radius 3 is 1.23 bits per heavy atom. The van der Waals surface area contributed by atoms with E-state index < -0.39 is 20.0 Å². The first-order valence-electron chi connectivity index (χ1n) is 28.5. The van der Waals surface area contributed by atoms with Crippen LogP contribution in [0.4, 0.5) is 0 Å². The van der Waals surface area contributed by atoms with Crippen LogP contribution in [0.5, 0.6) is 0 Å². The van der Waals surface area contributed by atoms with Crippen molar-refractivity contribution in [2.75, 3.05) is 40.9 Å². The van der Waals surface area contributed by atoms with Gasteiger partial charge in [0, 0.05) is 6.42 Å². The van der Waals surface area contributed by atoms with Gasteiger partial charge in [-0.2, -0.15) is 0 Å². The summed E-state index contributed by atoms with van der Waals surface area (Å²) in [6.45, 7) is 4.59. The van der Waals surface area contributed by atoms with E-state index in [1.165, 1.54) is 32.1 Å². The maximum atomic E-state index is 12.9. The molecule has 416 valence electrons. The number of amides is 1. The van der Waals surface area contributed by atoms with Gasteiger partial charge in [0.25, 0.3) is 0 Å². The van der Waals surface area contributed by atoms with Gasteiger partial charge in [-0.25, -0.2) is 4.57 Å². The summed E-state index contributed by atoms with van der Waals surface area (Å²) in [5.41, 5.74) is 0. The molecule has 0 aliphatic carbocycles. The number of aliphatic hydroxyl groups is 1. The minimum absolute atomic E-state index is 0.0413. The lowest BCUT2D eigenvalue weighted by molar-refractivity contribution is -0.870. The van der Waals surface area contributed by atoms with E-state index in [0.717, 1.165) is 128 Å². The molecule has 3 atom stereocenters.